The summed E-state index contributed by atoms with van der Waals surface area (Å²) in [6, 6.07) is 5.36. The van der Waals surface area contributed by atoms with Crippen molar-refractivity contribution in [1.29, 1.82) is 0 Å². The van der Waals surface area contributed by atoms with Crippen LogP contribution in [0.2, 0.25) is 0 Å². The molecule has 0 bridgehead atoms. The van der Waals surface area contributed by atoms with E-state index in [1.807, 2.05) is 18.6 Å². The molecule has 1 saturated heterocycles. The molecule has 2 fully saturated rings. The Balaban J connectivity index is 1.32. The third kappa shape index (κ3) is 8.11. The monoisotopic (exact) mass is 654 g/mol. The Kier molecular flexibility index (Phi) is 9.70. The van der Waals surface area contributed by atoms with Crippen LogP contribution in [0, 0.1) is 11.7 Å². The Labute approximate surface area is 259 Å². The third-order valence-electron chi connectivity index (χ3n) is 8.40. The predicted molar refractivity (Wildman–Crippen MR) is 164 cm³/mol. The number of halogens is 4. The molecule has 10 nitrogen and oxygen atoms in total. The van der Waals surface area contributed by atoms with Crippen molar-refractivity contribution in [3.63, 3.8) is 0 Å². The number of ether oxygens (including phenoxy) is 1. The molecule has 1 aromatic carbocycles. The number of fused-ring (bicyclic) bond motifs is 1. The van der Waals surface area contributed by atoms with Gasteiger partial charge in [0.1, 0.15) is 11.5 Å². The number of nitrogens with one attached hydrogen (secondary N) is 2. The molecule has 0 spiro atoms. The minimum absolute atomic E-state index is 0.141. The number of pyridine rings is 1. The number of sulfonamides is 1. The van der Waals surface area contributed by atoms with Crippen LogP contribution in [0.5, 0.6) is 0 Å². The smallest absolute Gasteiger partial charge is 0.381 e. The average Bonchev–Trinajstić information content (AvgIpc) is 2.94. The van der Waals surface area contributed by atoms with Crippen molar-refractivity contribution in [2.24, 2.45) is 5.92 Å². The Morgan fingerprint density at radius 3 is 2.44 bits per heavy atom. The molecule has 2 aromatic heterocycles. The van der Waals surface area contributed by atoms with E-state index in [1.54, 1.807) is 12.3 Å². The zero-order chi connectivity index (χ0) is 32.5. The lowest BCUT2D eigenvalue weighted by Crippen LogP contribution is -2.44. The highest BCUT2D eigenvalue weighted by Gasteiger charge is 2.31. The van der Waals surface area contributed by atoms with E-state index in [4.69, 9.17) is 9.72 Å². The first kappa shape index (κ1) is 33.1. The molecule has 1 aliphatic heterocycles. The summed E-state index contributed by atoms with van der Waals surface area (Å²) in [6.07, 6.45) is -0.596. The molecule has 1 saturated carbocycles. The van der Waals surface area contributed by atoms with E-state index in [2.05, 4.69) is 22.2 Å². The molecule has 0 amide bonds. The fourth-order valence-corrected chi connectivity index (χ4v) is 7.00. The summed E-state index contributed by atoms with van der Waals surface area (Å²) in [5, 5.41) is 3.98. The van der Waals surface area contributed by atoms with Crippen LogP contribution in [-0.2, 0) is 14.8 Å². The SMILES string of the molecule is CC(C)n1c(=O)c(-c2ccc(NS(=O)(=O)CCC(F)(F)F)c(F)c2)cc2cnc(N[C@H]3CC[C@H](N(C)CC4COC4)CC3)nc21. The quantitative estimate of drug-likeness (QED) is 0.272. The molecule has 1 aliphatic carbocycles. The largest absolute Gasteiger partial charge is 0.390 e. The highest BCUT2D eigenvalue weighted by atomic mass is 32.2. The summed E-state index contributed by atoms with van der Waals surface area (Å²) in [7, 11) is -2.28. The van der Waals surface area contributed by atoms with E-state index in [9.17, 15) is 30.8 Å². The number of benzene rings is 1. The van der Waals surface area contributed by atoms with Crippen molar-refractivity contribution in [2.45, 2.75) is 70.3 Å². The van der Waals surface area contributed by atoms with E-state index in [-0.39, 0.29) is 23.2 Å². The zero-order valence-electron chi connectivity index (χ0n) is 25.4. The number of nitrogens with zero attached hydrogens (tertiary/aromatic N) is 4. The van der Waals surface area contributed by atoms with Gasteiger partial charge in [0.05, 0.1) is 31.1 Å². The first-order valence-electron chi connectivity index (χ1n) is 15.0. The minimum atomic E-state index is -4.67. The number of rotatable bonds is 11. The van der Waals surface area contributed by atoms with E-state index < -0.39 is 45.4 Å². The number of aromatic nitrogens is 3. The van der Waals surface area contributed by atoms with Gasteiger partial charge in [0.2, 0.25) is 16.0 Å². The number of alkyl halides is 3. The van der Waals surface area contributed by atoms with Crippen LogP contribution in [0.3, 0.4) is 0 Å². The molecule has 3 aromatic rings. The molecule has 45 heavy (non-hydrogen) atoms. The van der Waals surface area contributed by atoms with Crippen molar-refractivity contribution in [3.05, 3.63) is 46.6 Å². The summed E-state index contributed by atoms with van der Waals surface area (Å²) in [4.78, 5) is 25.3. The molecule has 0 radical (unpaired) electrons. The molecule has 2 aliphatic rings. The van der Waals surface area contributed by atoms with E-state index >= 15 is 0 Å². The van der Waals surface area contributed by atoms with Gasteiger partial charge < -0.3 is 15.0 Å². The van der Waals surface area contributed by atoms with Gasteiger partial charge in [0.25, 0.3) is 5.56 Å². The van der Waals surface area contributed by atoms with Gasteiger partial charge in [-0.25, -0.2) is 17.8 Å². The van der Waals surface area contributed by atoms with Crippen LogP contribution in [0.25, 0.3) is 22.2 Å². The molecular weight excluding hydrogens is 616 g/mol. The van der Waals surface area contributed by atoms with Gasteiger partial charge in [-0.15, -0.1) is 0 Å². The van der Waals surface area contributed by atoms with Gasteiger partial charge in [-0.3, -0.25) is 14.1 Å². The van der Waals surface area contributed by atoms with E-state index in [0.717, 1.165) is 57.6 Å². The fourth-order valence-electron chi connectivity index (χ4n) is 5.90. The maximum absolute atomic E-state index is 15.0. The van der Waals surface area contributed by atoms with Gasteiger partial charge in [0.15, 0.2) is 0 Å². The summed E-state index contributed by atoms with van der Waals surface area (Å²) < 4.78 is 85.2. The second-order valence-corrected chi connectivity index (χ2v) is 14.1. The van der Waals surface area contributed by atoms with Crippen molar-refractivity contribution < 1.29 is 30.7 Å². The van der Waals surface area contributed by atoms with E-state index in [0.29, 0.717) is 28.9 Å². The van der Waals surface area contributed by atoms with Crippen LogP contribution in [0.15, 0.2) is 35.3 Å². The standard InChI is InChI=1S/C30H38F4N6O4S/c1-18(2)40-27-21(14-35-29(37-27)36-22-5-7-23(8-6-22)39(3)15-19-16-44-17-19)12-24(28(40)41)20-4-9-26(25(31)13-20)38-45(42,43)11-10-30(32,33)34/h4,9,12-14,18-19,22-23,38H,5-8,10-11,15-17H2,1-3H3,(H,35,36,37)/t22-,23-. The zero-order valence-corrected chi connectivity index (χ0v) is 26.2. The first-order chi connectivity index (χ1) is 21.2. The van der Waals surface area contributed by atoms with Crippen molar-refractivity contribution in [2.75, 3.05) is 42.6 Å². The maximum atomic E-state index is 15.0. The highest BCUT2D eigenvalue weighted by molar-refractivity contribution is 7.92. The van der Waals surface area contributed by atoms with Crippen LogP contribution < -0.4 is 15.6 Å². The highest BCUT2D eigenvalue weighted by Crippen LogP contribution is 2.29. The van der Waals surface area contributed by atoms with Gasteiger partial charge in [0, 0.05) is 47.7 Å². The molecule has 246 valence electrons. The Bertz CT molecular complexity index is 1690. The van der Waals surface area contributed by atoms with Gasteiger partial charge >= 0.3 is 6.18 Å². The Morgan fingerprint density at radius 1 is 1.13 bits per heavy atom. The second-order valence-electron chi connectivity index (χ2n) is 12.3. The second kappa shape index (κ2) is 13.2. The molecule has 15 heteroatoms. The lowest BCUT2D eigenvalue weighted by molar-refractivity contribution is -0.129. The van der Waals surface area contributed by atoms with E-state index in [1.165, 1.54) is 10.6 Å². The number of anilines is 2. The Morgan fingerprint density at radius 2 is 1.84 bits per heavy atom. The normalized spacial score (nSPS) is 19.7. The number of hydrogen-bond donors (Lipinski definition) is 2. The lowest BCUT2D eigenvalue weighted by Gasteiger charge is -2.38. The van der Waals surface area contributed by atoms with Crippen LogP contribution >= 0.6 is 0 Å². The van der Waals surface area contributed by atoms with Crippen LogP contribution in [0.4, 0.5) is 29.2 Å². The molecule has 0 atom stereocenters. The molecule has 3 heterocycles. The van der Waals surface area contributed by atoms with Gasteiger partial charge in [-0.05, 0) is 70.3 Å². The minimum Gasteiger partial charge on any atom is -0.381 e. The number of hydrogen-bond acceptors (Lipinski definition) is 8. The summed E-state index contributed by atoms with van der Waals surface area (Å²) >= 11 is 0. The van der Waals surface area contributed by atoms with Crippen molar-refractivity contribution in [1.82, 2.24) is 19.4 Å². The molecule has 5 rings (SSSR count). The van der Waals surface area contributed by atoms with Crippen molar-refractivity contribution >= 4 is 32.7 Å². The van der Waals surface area contributed by atoms with Gasteiger partial charge in [-0.1, -0.05) is 6.07 Å². The molecular formula is C30H38F4N6O4S. The summed E-state index contributed by atoms with van der Waals surface area (Å²) in [5.41, 5.74) is -0.219. The average molecular weight is 655 g/mol. The topological polar surface area (TPSA) is 118 Å². The van der Waals surface area contributed by atoms with Crippen LogP contribution in [0.1, 0.15) is 52.0 Å². The van der Waals surface area contributed by atoms with Gasteiger partial charge in [-0.2, -0.15) is 18.2 Å². The lowest BCUT2D eigenvalue weighted by atomic mass is 9.90. The summed E-state index contributed by atoms with van der Waals surface area (Å²) in [5.74, 6) is -1.24. The first-order valence-corrected chi connectivity index (χ1v) is 16.7. The predicted octanol–water partition coefficient (Wildman–Crippen LogP) is 5.17. The molecule has 0 unspecified atom stereocenters. The summed E-state index contributed by atoms with van der Waals surface area (Å²) in [6.45, 7) is 6.38. The third-order valence-corrected chi connectivity index (χ3v) is 9.67. The van der Waals surface area contributed by atoms with Crippen LogP contribution in [-0.4, -0.2) is 78.7 Å². The van der Waals surface area contributed by atoms with Crippen molar-refractivity contribution in [3.8, 4) is 11.1 Å². The fraction of sp³-hybridized carbons (Fsp3) is 0.567. The molecule has 2 N–H and O–H groups in total. The maximum Gasteiger partial charge on any atom is 0.390 e. The Hall–Kier alpha value is -3.30.